The average Bonchev–Trinajstić information content (AvgIpc) is 2.17. The first-order chi connectivity index (χ1) is 6.85. The van der Waals surface area contributed by atoms with Crippen LogP contribution in [-0.4, -0.2) is 46.8 Å². The number of likely N-dealkylation sites (N-methyl/N-ethyl adjacent to an activating group) is 1. The Hall–Kier alpha value is -0.870. The Labute approximate surface area is 91.2 Å². The second kappa shape index (κ2) is 5.88. The summed E-state index contributed by atoms with van der Waals surface area (Å²) in [7, 11) is 1.86. The molecular weight excluding hydrogens is 194 g/mol. The Bertz CT molecular complexity index is 246. The number of carboxylic acids is 1. The number of rotatable bonds is 6. The van der Waals surface area contributed by atoms with Crippen LogP contribution in [0.25, 0.3) is 0 Å². The number of aliphatic carboxylic acids is 1. The Morgan fingerprint density at radius 3 is 2.33 bits per heavy atom. The van der Waals surface area contributed by atoms with E-state index in [2.05, 4.69) is 0 Å². The molecule has 0 aromatic carbocycles. The molecule has 4 nitrogen and oxygen atoms in total. The predicted molar refractivity (Wildman–Crippen MR) is 59.8 cm³/mol. The van der Waals surface area contributed by atoms with Crippen LogP contribution in [0, 0.1) is 0 Å². The van der Waals surface area contributed by atoms with E-state index in [0.717, 1.165) is 0 Å². The number of carbonyl (C=O) groups is 1. The smallest absolute Gasteiger partial charge is 0.331 e. The lowest BCUT2D eigenvalue weighted by atomic mass is 10.0. The number of hydrogen-bond acceptors (Lipinski definition) is 3. The predicted octanol–water partition coefficient (Wildman–Crippen LogP) is 1.11. The fraction of sp³-hybridized carbons (Fsp3) is 0.727. The topological polar surface area (TPSA) is 60.8 Å². The van der Waals surface area contributed by atoms with Gasteiger partial charge in [-0.25, -0.2) is 4.79 Å². The number of hydrogen-bond donors (Lipinski definition) is 2. The molecule has 0 aliphatic rings. The van der Waals surface area contributed by atoms with Crippen molar-refractivity contribution in [2.24, 2.45) is 0 Å². The summed E-state index contributed by atoms with van der Waals surface area (Å²) in [5, 5.41) is 17.9. The highest BCUT2D eigenvalue weighted by Gasteiger charge is 2.21. The Morgan fingerprint density at radius 2 is 2.00 bits per heavy atom. The van der Waals surface area contributed by atoms with Crippen molar-refractivity contribution in [2.45, 2.75) is 32.7 Å². The zero-order chi connectivity index (χ0) is 12.1. The number of aliphatic hydroxyl groups is 1. The van der Waals surface area contributed by atoms with Crippen molar-refractivity contribution >= 4 is 5.97 Å². The molecule has 0 heterocycles. The molecule has 0 spiro atoms. The van der Waals surface area contributed by atoms with Crippen LogP contribution in [0.1, 0.15) is 27.2 Å². The summed E-state index contributed by atoms with van der Waals surface area (Å²) in [5.41, 5.74) is 0.0870. The van der Waals surface area contributed by atoms with E-state index in [4.69, 9.17) is 10.2 Å². The third-order valence-corrected chi connectivity index (χ3v) is 2.69. The van der Waals surface area contributed by atoms with Gasteiger partial charge in [-0.1, -0.05) is 13.0 Å². The molecule has 0 fully saturated rings. The number of nitrogens with zero attached hydrogens (tertiary/aromatic N) is 1. The molecule has 0 amide bonds. The third kappa shape index (κ3) is 4.44. The maximum atomic E-state index is 10.7. The van der Waals surface area contributed by atoms with Gasteiger partial charge in [0.05, 0.1) is 6.61 Å². The van der Waals surface area contributed by atoms with Crippen molar-refractivity contribution < 1.29 is 15.0 Å². The molecule has 0 aliphatic heterocycles. The maximum Gasteiger partial charge on any atom is 0.331 e. The Morgan fingerprint density at radius 1 is 1.47 bits per heavy atom. The first-order valence-corrected chi connectivity index (χ1v) is 5.09. The third-order valence-electron chi connectivity index (χ3n) is 2.69. The molecule has 0 saturated heterocycles. The van der Waals surface area contributed by atoms with E-state index in [1.54, 1.807) is 6.08 Å². The van der Waals surface area contributed by atoms with Crippen LogP contribution in [0.3, 0.4) is 0 Å². The van der Waals surface area contributed by atoms with E-state index in [1.165, 1.54) is 0 Å². The minimum absolute atomic E-state index is 0.0475. The number of aliphatic hydroxyl groups excluding tert-OH is 1. The normalized spacial score (nSPS) is 13.3. The minimum Gasteiger partial charge on any atom is -0.478 e. The second-order valence-corrected chi connectivity index (χ2v) is 4.24. The lowest BCUT2D eigenvalue weighted by Crippen LogP contribution is -2.44. The molecular formula is C11H21NO3. The van der Waals surface area contributed by atoms with Crippen molar-refractivity contribution in [1.82, 2.24) is 4.90 Å². The van der Waals surface area contributed by atoms with Crippen LogP contribution in [0.4, 0.5) is 0 Å². The quantitative estimate of drug-likeness (QED) is 0.652. The van der Waals surface area contributed by atoms with Gasteiger partial charge in [-0.2, -0.15) is 0 Å². The molecule has 0 atom stereocenters. The van der Waals surface area contributed by atoms with Crippen molar-refractivity contribution in [1.29, 1.82) is 0 Å². The first-order valence-electron chi connectivity index (χ1n) is 5.09. The van der Waals surface area contributed by atoms with Gasteiger partial charge in [-0.15, -0.1) is 0 Å². The molecule has 0 rings (SSSR count). The van der Waals surface area contributed by atoms with Crippen molar-refractivity contribution in [2.75, 3.05) is 20.2 Å². The van der Waals surface area contributed by atoms with Gasteiger partial charge in [0.25, 0.3) is 0 Å². The first kappa shape index (κ1) is 14.1. The second-order valence-electron chi connectivity index (χ2n) is 4.24. The Kier molecular flexibility index (Phi) is 5.54. The molecule has 0 radical (unpaired) electrons. The van der Waals surface area contributed by atoms with Crippen LogP contribution in [0.2, 0.25) is 0 Å². The summed E-state index contributed by atoms with van der Waals surface area (Å²) in [6, 6.07) is 0. The minimum atomic E-state index is -0.868. The zero-order valence-electron chi connectivity index (χ0n) is 9.95. The highest BCUT2D eigenvalue weighted by atomic mass is 16.4. The molecule has 15 heavy (non-hydrogen) atoms. The van der Waals surface area contributed by atoms with E-state index >= 15 is 0 Å². The maximum absolute atomic E-state index is 10.7. The van der Waals surface area contributed by atoms with Crippen LogP contribution in [-0.2, 0) is 4.79 Å². The van der Waals surface area contributed by atoms with E-state index < -0.39 is 5.97 Å². The molecule has 0 unspecified atom stereocenters. The van der Waals surface area contributed by atoms with E-state index in [-0.39, 0.29) is 12.1 Å². The van der Waals surface area contributed by atoms with Gasteiger partial charge >= 0.3 is 5.97 Å². The van der Waals surface area contributed by atoms with Crippen LogP contribution in [0.15, 0.2) is 11.6 Å². The number of carboxylic acid groups (broad SMARTS) is 1. The summed E-state index contributed by atoms with van der Waals surface area (Å²) in [5.74, 6) is -0.868. The summed E-state index contributed by atoms with van der Waals surface area (Å²) >= 11 is 0. The van der Waals surface area contributed by atoms with E-state index in [1.807, 2.05) is 32.7 Å². The van der Waals surface area contributed by atoms with Crippen LogP contribution >= 0.6 is 0 Å². The highest BCUT2D eigenvalue weighted by Crippen LogP contribution is 2.11. The summed E-state index contributed by atoms with van der Waals surface area (Å²) in [6.45, 7) is 6.21. The van der Waals surface area contributed by atoms with Gasteiger partial charge in [0.2, 0.25) is 0 Å². The van der Waals surface area contributed by atoms with Crippen LogP contribution in [0.5, 0.6) is 0 Å². The van der Waals surface area contributed by atoms with Gasteiger partial charge in [0.1, 0.15) is 0 Å². The van der Waals surface area contributed by atoms with E-state index in [0.29, 0.717) is 18.5 Å². The van der Waals surface area contributed by atoms with Gasteiger partial charge in [0, 0.05) is 17.7 Å². The molecule has 2 N–H and O–H groups in total. The summed E-state index contributed by atoms with van der Waals surface area (Å²) in [6.07, 6.45) is 2.21. The molecule has 0 saturated carbocycles. The van der Waals surface area contributed by atoms with Gasteiger partial charge < -0.3 is 10.2 Å². The Balaban J connectivity index is 4.42. The monoisotopic (exact) mass is 215 g/mol. The lowest BCUT2D eigenvalue weighted by Gasteiger charge is -2.33. The highest BCUT2D eigenvalue weighted by molar-refractivity contribution is 5.86. The van der Waals surface area contributed by atoms with Crippen LogP contribution < -0.4 is 0 Å². The van der Waals surface area contributed by atoms with Crippen molar-refractivity contribution in [3.8, 4) is 0 Å². The lowest BCUT2D eigenvalue weighted by molar-refractivity contribution is -0.132. The van der Waals surface area contributed by atoms with Gasteiger partial charge in [0.15, 0.2) is 0 Å². The summed E-state index contributed by atoms with van der Waals surface area (Å²) in [4.78, 5) is 12.6. The van der Waals surface area contributed by atoms with Crippen molar-refractivity contribution in [3.05, 3.63) is 11.6 Å². The SMILES string of the molecule is CCC(=CCN(C)C(C)(C)CO)C(=O)O. The van der Waals surface area contributed by atoms with Crippen molar-refractivity contribution in [3.63, 3.8) is 0 Å². The molecule has 0 aromatic rings. The summed E-state index contributed by atoms with van der Waals surface area (Å²) < 4.78 is 0. The largest absolute Gasteiger partial charge is 0.478 e. The van der Waals surface area contributed by atoms with Gasteiger partial charge in [-0.05, 0) is 27.3 Å². The van der Waals surface area contributed by atoms with E-state index in [9.17, 15) is 4.79 Å². The molecule has 0 aromatic heterocycles. The van der Waals surface area contributed by atoms with Gasteiger partial charge in [-0.3, -0.25) is 4.90 Å². The fourth-order valence-corrected chi connectivity index (χ4v) is 0.998. The average molecular weight is 215 g/mol. The molecule has 88 valence electrons. The standard InChI is InChI=1S/C11H21NO3/c1-5-9(10(14)15)6-7-12(4)11(2,3)8-13/h6,13H,5,7-8H2,1-4H3,(H,14,15). The zero-order valence-corrected chi connectivity index (χ0v) is 9.95. The molecule has 0 aliphatic carbocycles. The molecule has 4 heteroatoms. The fourth-order valence-electron chi connectivity index (χ4n) is 0.998. The molecule has 0 bridgehead atoms.